The standard InChI is InChI=1S/C14H30O3/c1-7-8-14(6,11(2)3)17-13(5)10-16-12(4)9-15/h11-13,15H,7-10H2,1-6H3. The van der Waals surface area contributed by atoms with E-state index in [1.807, 2.05) is 13.8 Å². The lowest BCUT2D eigenvalue weighted by Gasteiger charge is -2.36. The Morgan fingerprint density at radius 3 is 2.12 bits per heavy atom. The summed E-state index contributed by atoms with van der Waals surface area (Å²) in [5.41, 5.74) is -0.0834. The van der Waals surface area contributed by atoms with Crippen LogP contribution in [0.1, 0.15) is 54.4 Å². The normalized spacial score (nSPS) is 19.1. The van der Waals surface area contributed by atoms with Gasteiger partial charge < -0.3 is 14.6 Å². The molecule has 3 unspecified atom stereocenters. The molecule has 3 heteroatoms. The Hall–Kier alpha value is -0.120. The van der Waals surface area contributed by atoms with Gasteiger partial charge in [-0.25, -0.2) is 0 Å². The van der Waals surface area contributed by atoms with Gasteiger partial charge in [-0.2, -0.15) is 0 Å². The molecule has 0 aromatic carbocycles. The van der Waals surface area contributed by atoms with Gasteiger partial charge >= 0.3 is 0 Å². The van der Waals surface area contributed by atoms with Crippen LogP contribution in [0.15, 0.2) is 0 Å². The molecule has 3 nitrogen and oxygen atoms in total. The van der Waals surface area contributed by atoms with Gasteiger partial charge in [0.25, 0.3) is 0 Å². The molecular weight excluding hydrogens is 216 g/mol. The molecule has 17 heavy (non-hydrogen) atoms. The molecule has 0 heterocycles. The first kappa shape index (κ1) is 16.9. The lowest BCUT2D eigenvalue weighted by atomic mass is 9.87. The summed E-state index contributed by atoms with van der Waals surface area (Å²) in [5, 5.41) is 8.89. The second-order valence-electron chi connectivity index (χ2n) is 5.47. The molecule has 0 fully saturated rings. The smallest absolute Gasteiger partial charge is 0.0788 e. The SMILES string of the molecule is CCCC(C)(OC(C)COC(C)CO)C(C)C. The molecule has 0 amide bonds. The molecule has 0 radical (unpaired) electrons. The van der Waals surface area contributed by atoms with Crippen LogP contribution in [0, 0.1) is 5.92 Å². The predicted octanol–water partition coefficient (Wildman–Crippen LogP) is 3.00. The average Bonchev–Trinajstić information content (AvgIpc) is 2.25. The molecule has 1 N–H and O–H groups in total. The van der Waals surface area contributed by atoms with Crippen molar-refractivity contribution in [3.8, 4) is 0 Å². The molecule has 0 aliphatic carbocycles. The lowest BCUT2D eigenvalue weighted by Crippen LogP contribution is -2.39. The molecule has 3 atom stereocenters. The number of aliphatic hydroxyl groups excluding tert-OH is 1. The zero-order valence-electron chi connectivity index (χ0n) is 12.3. The summed E-state index contributed by atoms with van der Waals surface area (Å²) in [6, 6.07) is 0. The maximum Gasteiger partial charge on any atom is 0.0788 e. The van der Waals surface area contributed by atoms with E-state index in [9.17, 15) is 0 Å². The Labute approximate surface area is 107 Å². The molecule has 0 saturated heterocycles. The molecule has 0 aliphatic heterocycles. The van der Waals surface area contributed by atoms with Crippen LogP contribution in [0.2, 0.25) is 0 Å². The van der Waals surface area contributed by atoms with Crippen molar-refractivity contribution in [3.05, 3.63) is 0 Å². The van der Waals surface area contributed by atoms with Crippen LogP contribution < -0.4 is 0 Å². The van der Waals surface area contributed by atoms with Crippen molar-refractivity contribution < 1.29 is 14.6 Å². The van der Waals surface area contributed by atoms with Crippen LogP contribution in [0.3, 0.4) is 0 Å². The average molecular weight is 246 g/mol. The second kappa shape index (κ2) is 8.06. The van der Waals surface area contributed by atoms with Crippen LogP contribution in [-0.2, 0) is 9.47 Å². The van der Waals surface area contributed by atoms with E-state index in [4.69, 9.17) is 14.6 Å². The first-order chi connectivity index (χ1) is 7.85. The van der Waals surface area contributed by atoms with E-state index >= 15 is 0 Å². The Kier molecular flexibility index (Phi) is 8.01. The highest BCUT2D eigenvalue weighted by Crippen LogP contribution is 2.28. The van der Waals surface area contributed by atoms with Crippen LogP contribution in [0.4, 0.5) is 0 Å². The molecule has 0 aromatic rings. The Morgan fingerprint density at radius 2 is 1.71 bits per heavy atom. The number of ether oxygens (including phenoxy) is 2. The first-order valence-electron chi connectivity index (χ1n) is 6.76. The van der Waals surface area contributed by atoms with E-state index in [0.29, 0.717) is 12.5 Å². The van der Waals surface area contributed by atoms with Gasteiger partial charge in [-0.15, -0.1) is 0 Å². The van der Waals surface area contributed by atoms with E-state index in [1.165, 1.54) is 0 Å². The van der Waals surface area contributed by atoms with E-state index in [0.717, 1.165) is 12.8 Å². The van der Waals surface area contributed by atoms with Crippen LogP contribution >= 0.6 is 0 Å². The van der Waals surface area contributed by atoms with Gasteiger partial charge in [0.2, 0.25) is 0 Å². The van der Waals surface area contributed by atoms with E-state index in [2.05, 4.69) is 27.7 Å². The van der Waals surface area contributed by atoms with Gasteiger partial charge in [0.05, 0.1) is 31.0 Å². The van der Waals surface area contributed by atoms with E-state index in [1.54, 1.807) is 0 Å². The first-order valence-corrected chi connectivity index (χ1v) is 6.76. The Balaban J connectivity index is 4.17. The van der Waals surface area contributed by atoms with Gasteiger partial charge in [0, 0.05) is 0 Å². The fourth-order valence-electron chi connectivity index (χ4n) is 1.83. The van der Waals surface area contributed by atoms with E-state index in [-0.39, 0.29) is 24.4 Å². The van der Waals surface area contributed by atoms with Crippen LogP contribution in [-0.4, -0.2) is 36.1 Å². The summed E-state index contributed by atoms with van der Waals surface area (Å²) in [6.07, 6.45) is 2.13. The van der Waals surface area contributed by atoms with Gasteiger partial charge in [-0.05, 0) is 33.1 Å². The molecule has 0 spiro atoms. The molecule has 0 aromatic heterocycles. The molecule has 0 aliphatic rings. The van der Waals surface area contributed by atoms with Gasteiger partial charge in [-0.3, -0.25) is 0 Å². The second-order valence-corrected chi connectivity index (χ2v) is 5.47. The summed E-state index contributed by atoms with van der Waals surface area (Å²) in [6.45, 7) is 13.2. The largest absolute Gasteiger partial charge is 0.394 e. The van der Waals surface area contributed by atoms with Crippen molar-refractivity contribution in [2.24, 2.45) is 5.92 Å². The summed E-state index contributed by atoms with van der Waals surface area (Å²) >= 11 is 0. The highest BCUT2D eigenvalue weighted by Gasteiger charge is 2.30. The van der Waals surface area contributed by atoms with Crippen molar-refractivity contribution in [2.45, 2.75) is 72.2 Å². The number of aliphatic hydroxyl groups is 1. The zero-order valence-corrected chi connectivity index (χ0v) is 12.3. The minimum atomic E-state index is -0.113. The minimum Gasteiger partial charge on any atom is -0.394 e. The third-order valence-electron chi connectivity index (χ3n) is 3.31. The maximum absolute atomic E-state index is 8.89. The topological polar surface area (TPSA) is 38.7 Å². The van der Waals surface area contributed by atoms with Gasteiger partial charge in [0.1, 0.15) is 0 Å². The summed E-state index contributed by atoms with van der Waals surface area (Å²) in [4.78, 5) is 0. The fraction of sp³-hybridized carbons (Fsp3) is 1.00. The van der Waals surface area contributed by atoms with Crippen molar-refractivity contribution in [3.63, 3.8) is 0 Å². The molecule has 104 valence electrons. The minimum absolute atomic E-state index is 0.0583. The third kappa shape index (κ3) is 6.39. The number of rotatable bonds is 9. The predicted molar refractivity (Wildman–Crippen MR) is 71.2 cm³/mol. The highest BCUT2D eigenvalue weighted by atomic mass is 16.6. The monoisotopic (exact) mass is 246 g/mol. The lowest BCUT2D eigenvalue weighted by molar-refractivity contribution is -0.137. The summed E-state index contributed by atoms with van der Waals surface area (Å²) in [7, 11) is 0. The third-order valence-corrected chi connectivity index (χ3v) is 3.31. The van der Waals surface area contributed by atoms with Crippen LogP contribution in [0.25, 0.3) is 0 Å². The van der Waals surface area contributed by atoms with Crippen molar-refractivity contribution >= 4 is 0 Å². The molecule has 0 rings (SSSR count). The quantitative estimate of drug-likeness (QED) is 0.679. The maximum atomic E-state index is 8.89. The molecule has 0 bridgehead atoms. The molecule has 0 saturated carbocycles. The van der Waals surface area contributed by atoms with Gasteiger partial charge in [0.15, 0.2) is 0 Å². The van der Waals surface area contributed by atoms with E-state index < -0.39 is 0 Å². The van der Waals surface area contributed by atoms with Crippen molar-refractivity contribution in [2.75, 3.05) is 13.2 Å². The van der Waals surface area contributed by atoms with Crippen molar-refractivity contribution in [1.29, 1.82) is 0 Å². The highest BCUT2D eigenvalue weighted by molar-refractivity contribution is 4.79. The van der Waals surface area contributed by atoms with Crippen molar-refractivity contribution in [1.82, 2.24) is 0 Å². The van der Waals surface area contributed by atoms with Gasteiger partial charge in [-0.1, -0.05) is 27.2 Å². The number of hydrogen-bond acceptors (Lipinski definition) is 3. The zero-order chi connectivity index (χ0) is 13.5. The van der Waals surface area contributed by atoms with Crippen LogP contribution in [0.5, 0.6) is 0 Å². The number of hydrogen-bond donors (Lipinski definition) is 1. The molecular formula is C14H30O3. The summed E-state index contributed by atoms with van der Waals surface area (Å²) < 4.78 is 11.6. The fourth-order valence-corrected chi connectivity index (χ4v) is 1.83. The summed E-state index contributed by atoms with van der Waals surface area (Å²) in [5.74, 6) is 0.486. The Bertz CT molecular complexity index is 194. The Morgan fingerprint density at radius 1 is 1.12 bits per heavy atom.